The Balaban J connectivity index is 2.18. The van der Waals surface area contributed by atoms with Gasteiger partial charge in [0, 0.05) is 36.9 Å². The van der Waals surface area contributed by atoms with E-state index in [1.807, 2.05) is 52.0 Å². The molecule has 26 heavy (non-hydrogen) atoms. The second-order valence-corrected chi connectivity index (χ2v) is 9.07. The monoisotopic (exact) mass is 379 g/mol. The van der Waals surface area contributed by atoms with Crippen molar-refractivity contribution in [1.29, 1.82) is 0 Å². The van der Waals surface area contributed by atoms with Crippen molar-refractivity contribution in [2.45, 2.75) is 63.5 Å². The van der Waals surface area contributed by atoms with Crippen molar-refractivity contribution in [3.05, 3.63) is 29.8 Å². The third-order valence-electron chi connectivity index (χ3n) is 4.70. The quantitative estimate of drug-likeness (QED) is 0.803. The van der Waals surface area contributed by atoms with Gasteiger partial charge in [-0.2, -0.15) is 0 Å². The third-order valence-corrected chi connectivity index (χ3v) is 5.47. The molecule has 1 saturated heterocycles. The molecule has 0 bridgehead atoms. The fourth-order valence-electron chi connectivity index (χ4n) is 3.51. The van der Waals surface area contributed by atoms with Crippen LogP contribution in [0.3, 0.4) is 0 Å². The molecule has 1 N–H and O–H groups in total. The number of aliphatic hydroxyl groups is 1. The number of ether oxygens (including phenoxy) is 1. The average molecular weight is 380 g/mol. The summed E-state index contributed by atoms with van der Waals surface area (Å²) in [5.41, 5.74) is 0.562. The molecule has 0 aromatic heterocycles. The summed E-state index contributed by atoms with van der Waals surface area (Å²) < 4.78 is 5.51. The minimum atomic E-state index is -0.541. The number of carbonyl (C=O) groups excluding carboxylic acids is 2. The van der Waals surface area contributed by atoms with Gasteiger partial charge in [0.2, 0.25) is 0 Å². The zero-order valence-corrected chi connectivity index (χ0v) is 17.0. The number of rotatable bonds is 3. The number of nitrogens with zero attached hydrogens (tertiary/aromatic N) is 1. The second-order valence-electron chi connectivity index (χ2n) is 7.82. The lowest BCUT2D eigenvalue weighted by Gasteiger charge is -2.43. The Bertz CT molecular complexity index is 655. The van der Waals surface area contributed by atoms with Crippen LogP contribution < -0.4 is 0 Å². The predicted octanol–water partition coefficient (Wildman–Crippen LogP) is 4.05. The van der Waals surface area contributed by atoms with Crippen LogP contribution in [-0.2, 0) is 9.53 Å². The smallest absolute Gasteiger partial charge is 0.410 e. The van der Waals surface area contributed by atoms with E-state index in [0.29, 0.717) is 6.54 Å². The highest BCUT2D eigenvalue weighted by atomic mass is 32.2. The molecule has 2 rings (SSSR count). The average Bonchev–Trinajstić information content (AvgIpc) is 2.52. The topological polar surface area (TPSA) is 66.8 Å². The van der Waals surface area contributed by atoms with E-state index in [1.54, 1.807) is 11.8 Å². The Morgan fingerprint density at radius 2 is 2.04 bits per heavy atom. The van der Waals surface area contributed by atoms with Crippen LogP contribution in [0.4, 0.5) is 4.79 Å². The molecular formula is C20H29NO4S. The van der Waals surface area contributed by atoms with Crippen molar-refractivity contribution in [3.8, 4) is 0 Å². The van der Waals surface area contributed by atoms with Gasteiger partial charge in [0.25, 0.3) is 0 Å². The van der Waals surface area contributed by atoms with E-state index >= 15 is 0 Å². The van der Waals surface area contributed by atoms with Crippen LogP contribution in [-0.4, -0.2) is 46.0 Å². The molecule has 1 amide bonds. The zero-order chi connectivity index (χ0) is 19.5. The lowest BCUT2D eigenvalue weighted by atomic mass is 9.77. The molecule has 1 aliphatic heterocycles. The molecule has 1 aromatic rings. The van der Waals surface area contributed by atoms with Crippen molar-refractivity contribution in [1.82, 2.24) is 4.90 Å². The van der Waals surface area contributed by atoms with Crippen molar-refractivity contribution < 1.29 is 19.4 Å². The van der Waals surface area contributed by atoms with E-state index in [-0.39, 0.29) is 35.7 Å². The van der Waals surface area contributed by atoms with E-state index in [0.717, 1.165) is 16.9 Å². The van der Waals surface area contributed by atoms with Crippen LogP contribution >= 0.6 is 11.8 Å². The highest BCUT2D eigenvalue weighted by molar-refractivity contribution is 8.13. The molecule has 0 radical (unpaired) electrons. The number of hydrogen-bond donors (Lipinski definition) is 1. The van der Waals surface area contributed by atoms with Gasteiger partial charge in [-0.05, 0) is 57.7 Å². The second kappa shape index (κ2) is 8.44. The van der Waals surface area contributed by atoms with Gasteiger partial charge >= 0.3 is 6.09 Å². The fourth-order valence-corrected chi connectivity index (χ4v) is 4.18. The third kappa shape index (κ3) is 5.24. The molecule has 3 atom stereocenters. The Hall–Kier alpha value is -1.53. The first-order valence-corrected chi connectivity index (χ1v) is 9.83. The van der Waals surface area contributed by atoms with Gasteiger partial charge in [-0.3, -0.25) is 4.79 Å². The van der Waals surface area contributed by atoms with E-state index in [2.05, 4.69) is 0 Å². The number of likely N-dealkylation sites (tertiary alicyclic amines) is 1. The molecular weight excluding hydrogens is 350 g/mol. The van der Waals surface area contributed by atoms with Crippen LogP contribution in [0.1, 0.15) is 52.5 Å². The summed E-state index contributed by atoms with van der Waals surface area (Å²) in [7, 11) is 0. The summed E-state index contributed by atoms with van der Waals surface area (Å²) >= 11 is 1.21. The van der Waals surface area contributed by atoms with E-state index < -0.39 is 5.60 Å². The molecule has 1 aromatic carbocycles. The lowest BCUT2D eigenvalue weighted by Crippen LogP contribution is -2.52. The SMILES string of the molecule is CC(=O)Sc1cccc([C@@H]2CCN(C(=O)OC(C)(C)C)[C@H](C)[C@H]2CO)c1. The summed E-state index contributed by atoms with van der Waals surface area (Å²) in [6.45, 7) is 9.65. The summed E-state index contributed by atoms with van der Waals surface area (Å²) in [5.74, 6) is 0.0649. The lowest BCUT2D eigenvalue weighted by molar-refractivity contribution is -0.109. The maximum absolute atomic E-state index is 12.5. The first-order valence-electron chi connectivity index (χ1n) is 9.01. The Morgan fingerprint density at radius 3 is 2.62 bits per heavy atom. The van der Waals surface area contributed by atoms with Crippen LogP contribution in [0.5, 0.6) is 0 Å². The molecule has 1 aliphatic rings. The number of amides is 1. The number of piperidine rings is 1. The fraction of sp³-hybridized carbons (Fsp3) is 0.600. The predicted molar refractivity (Wildman–Crippen MR) is 103 cm³/mol. The minimum Gasteiger partial charge on any atom is -0.444 e. The molecule has 0 aliphatic carbocycles. The van der Waals surface area contributed by atoms with Gasteiger partial charge in [0.05, 0.1) is 0 Å². The van der Waals surface area contributed by atoms with Gasteiger partial charge in [-0.1, -0.05) is 23.9 Å². The molecule has 144 valence electrons. The molecule has 0 spiro atoms. The summed E-state index contributed by atoms with van der Waals surface area (Å²) in [5, 5.41) is 10.1. The van der Waals surface area contributed by atoms with Crippen molar-refractivity contribution in [3.63, 3.8) is 0 Å². The van der Waals surface area contributed by atoms with Gasteiger partial charge in [0.1, 0.15) is 5.60 Å². The van der Waals surface area contributed by atoms with Gasteiger partial charge in [-0.25, -0.2) is 4.79 Å². The van der Waals surface area contributed by atoms with E-state index in [4.69, 9.17) is 4.74 Å². The molecule has 6 heteroatoms. The Labute approximate surface area is 160 Å². The standard InChI is InChI=1S/C20H29NO4S/c1-13-18(12-22)17(9-10-21(13)19(24)25-20(3,4)5)15-7-6-8-16(11-15)26-14(2)23/h6-8,11,13,17-18,22H,9-10,12H2,1-5H3/t13-,17+,18-/m1/s1. The molecule has 5 nitrogen and oxygen atoms in total. The van der Waals surface area contributed by atoms with Gasteiger partial charge in [-0.15, -0.1) is 0 Å². The van der Waals surface area contributed by atoms with Crippen LogP contribution in [0.25, 0.3) is 0 Å². The van der Waals surface area contributed by atoms with E-state index in [9.17, 15) is 14.7 Å². The Morgan fingerprint density at radius 1 is 1.35 bits per heavy atom. The number of thioether (sulfide) groups is 1. The van der Waals surface area contributed by atoms with Gasteiger partial charge in [0.15, 0.2) is 5.12 Å². The summed E-state index contributed by atoms with van der Waals surface area (Å²) in [4.78, 5) is 26.5. The molecule has 0 unspecified atom stereocenters. The highest BCUT2D eigenvalue weighted by Gasteiger charge is 2.39. The molecule has 1 fully saturated rings. The molecule has 0 saturated carbocycles. The number of aliphatic hydroxyl groups excluding tert-OH is 1. The summed E-state index contributed by atoms with van der Waals surface area (Å²) in [6, 6.07) is 7.79. The van der Waals surface area contributed by atoms with Crippen molar-refractivity contribution in [2.75, 3.05) is 13.2 Å². The maximum atomic E-state index is 12.5. The minimum absolute atomic E-state index is 0.00475. The number of hydrogen-bond acceptors (Lipinski definition) is 5. The number of carbonyl (C=O) groups is 2. The van der Waals surface area contributed by atoms with Crippen LogP contribution in [0.15, 0.2) is 29.2 Å². The normalized spacial score (nSPS) is 23.6. The summed E-state index contributed by atoms with van der Waals surface area (Å²) in [6.07, 6.45) is 0.422. The van der Waals surface area contributed by atoms with Crippen molar-refractivity contribution >= 4 is 23.0 Å². The van der Waals surface area contributed by atoms with Crippen molar-refractivity contribution in [2.24, 2.45) is 5.92 Å². The van der Waals surface area contributed by atoms with Crippen LogP contribution in [0, 0.1) is 5.92 Å². The largest absolute Gasteiger partial charge is 0.444 e. The highest BCUT2D eigenvalue weighted by Crippen LogP contribution is 2.38. The Kier molecular flexibility index (Phi) is 6.74. The zero-order valence-electron chi connectivity index (χ0n) is 16.2. The number of benzene rings is 1. The van der Waals surface area contributed by atoms with Gasteiger partial charge < -0.3 is 14.7 Å². The first-order chi connectivity index (χ1) is 12.1. The maximum Gasteiger partial charge on any atom is 0.410 e. The van der Waals surface area contributed by atoms with E-state index in [1.165, 1.54) is 11.8 Å². The first kappa shape index (κ1) is 20.8. The molecule has 1 heterocycles. The van der Waals surface area contributed by atoms with Crippen LogP contribution in [0.2, 0.25) is 0 Å².